The Morgan fingerprint density at radius 1 is 0.963 bits per heavy atom. The number of hydrogen-bond donors (Lipinski definition) is 1. The fourth-order valence-electron chi connectivity index (χ4n) is 3.16. The molecule has 1 aromatic carbocycles. The minimum Gasteiger partial charge on any atom is -0.365 e. The summed E-state index contributed by atoms with van der Waals surface area (Å²) in [6.45, 7) is 2.70. The van der Waals surface area contributed by atoms with Gasteiger partial charge in [0.05, 0.1) is 0 Å². The molecule has 0 saturated heterocycles. The Hall–Kier alpha value is -3.19. The highest BCUT2D eigenvalue weighted by atomic mass is 32.1. The predicted octanol–water partition coefficient (Wildman–Crippen LogP) is 3.84. The molecule has 0 spiro atoms. The van der Waals surface area contributed by atoms with Crippen LogP contribution in [0.4, 0.5) is 11.5 Å². The van der Waals surface area contributed by atoms with Crippen molar-refractivity contribution in [3.8, 4) is 11.4 Å². The van der Waals surface area contributed by atoms with E-state index in [-0.39, 0.29) is 0 Å². The highest BCUT2D eigenvalue weighted by Crippen LogP contribution is 2.21. The highest BCUT2D eigenvalue weighted by Gasteiger charge is 2.10. The number of thiophene rings is 1. The molecule has 0 bridgehead atoms. The van der Waals surface area contributed by atoms with Gasteiger partial charge in [0, 0.05) is 36.3 Å². The van der Waals surface area contributed by atoms with E-state index >= 15 is 0 Å². The molecule has 7 heteroatoms. The van der Waals surface area contributed by atoms with Crippen molar-refractivity contribution in [2.24, 2.45) is 0 Å². The van der Waals surface area contributed by atoms with E-state index in [0.717, 1.165) is 35.9 Å². The number of nitrogens with zero attached hydrogens (tertiary/aromatic N) is 5. The van der Waals surface area contributed by atoms with Crippen LogP contribution in [0.5, 0.6) is 0 Å². The average Bonchev–Trinajstić information content (AvgIpc) is 3.47. The summed E-state index contributed by atoms with van der Waals surface area (Å²) in [6, 6.07) is 14.6. The second-order valence-electron chi connectivity index (χ2n) is 6.42. The minimum absolute atomic E-state index is 0.715. The molecule has 0 aliphatic carbocycles. The van der Waals surface area contributed by atoms with Crippen LogP contribution in [0.2, 0.25) is 0 Å². The van der Waals surface area contributed by atoms with Crippen molar-refractivity contribution in [3.05, 3.63) is 70.9 Å². The van der Waals surface area contributed by atoms with E-state index in [1.165, 1.54) is 11.3 Å². The van der Waals surface area contributed by atoms with Gasteiger partial charge in [0.2, 0.25) is 0 Å². The van der Waals surface area contributed by atoms with Gasteiger partial charge in [-0.15, -0.1) is 15.3 Å². The first-order valence-corrected chi connectivity index (χ1v) is 9.79. The van der Waals surface area contributed by atoms with E-state index in [1.807, 2.05) is 23.6 Å². The molecule has 4 heterocycles. The summed E-state index contributed by atoms with van der Waals surface area (Å²) < 4.78 is 1.79. The van der Waals surface area contributed by atoms with Gasteiger partial charge >= 0.3 is 0 Å². The molecule has 0 amide bonds. The van der Waals surface area contributed by atoms with Crippen LogP contribution in [0, 0.1) is 0 Å². The molecular weight excluding hydrogens is 356 g/mol. The van der Waals surface area contributed by atoms with Crippen molar-refractivity contribution in [1.29, 1.82) is 0 Å². The summed E-state index contributed by atoms with van der Waals surface area (Å²) in [7, 11) is 0. The standard InChI is InChI=1S/C20H18N6S/c1-2-11-25(10-1)17-5-3-15(4-6-17)13-21-18-7-8-19-22-23-20(26(19)24-18)16-9-12-27-14-16/h1-9,12,14H,10-11,13H2,(H,21,24). The molecule has 0 saturated carbocycles. The number of aromatic nitrogens is 4. The van der Waals surface area contributed by atoms with Crippen LogP contribution in [0.1, 0.15) is 5.56 Å². The van der Waals surface area contributed by atoms with Gasteiger partial charge in [0.1, 0.15) is 5.82 Å². The third-order valence-electron chi connectivity index (χ3n) is 4.64. The normalized spacial score (nSPS) is 13.6. The zero-order valence-electron chi connectivity index (χ0n) is 14.6. The Labute approximate surface area is 160 Å². The molecular formula is C20H18N6S. The molecule has 1 N–H and O–H groups in total. The number of nitrogens with one attached hydrogen (secondary N) is 1. The lowest BCUT2D eigenvalue weighted by atomic mass is 10.2. The van der Waals surface area contributed by atoms with Crippen LogP contribution in [0.15, 0.2) is 65.4 Å². The maximum absolute atomic E-state index is 4.66. The SMILES string of the molecule is C1=CCN(c2ccc(CNc3ccc4nnc(-c5ccsc5)n4n3)cc2)C1. The fraction of sp³-hybridized carbons (Fsp3) is 0.150. The number of benzene rings is 1. The van der Waals surface area contributed by atoms with E-state index in [0.29, 0.717) is 6.54 Å². The summed E-state index contributed by atoms with van der Waals surface area (Å²) in [6.07, 6.45) is 4.40. The van der Waals surface area contributed by atoms with Crippen molar-refractivity contribution in [2.75, 3.05) is 23.3 Å². The molecule has 0 unspecified atom stereocenters. The molecule has 5 rings (SSSR count). The first kappa shape index (κ1) is 16.0. The van der Waals surface area contributed by atoms with Crippen LogP contribution in [0.3, 0.4) is 0 Å². The quantitative estimate of drug-likeness (QED) is 0.538. The van der Waals surface area contributed by atoms with Crippen molar-refractivity contribution >= 4 is 28.5 Å². The Bertz CT molecular complexity index is 1070. The molecule has 0 radical (unpaired) electrons. The van der Waals surface area contributed by atoms with Crippen molar-refractivity contribution < 1.29 is 0 Å². The van der Waals surface area contributed by atoms with Crippen LogP contribution in [-0.2, 0) is 6.54 Å². The van der Waals surface area contributed by atoms with E-state index < -0.39 is 0 Å². The largest absolute Gasteiger partial charge is 0.365 e. The van der Waals surface area contributed by atoms with Crippen LogP contribution in [-0.4, -0.2) is 32.9 Å². The van der Waals surface area contributed by atoms with Gasteiger partial charge < -0.3 is 10.2 Å². The summed E-state index contributed by atoms with van der Waals surface area (Å²) in [5, 5.41) is 20.6. The average molecular weight is 374 g/mol. The van der Waals surface area contributed by atoms with Crippen molar-refractivity contribution in [2.45, 2.75) is 6.54 Å². The lowest BCUT2D eigenvalue weighted by molar-refractivity contribution is 0.925. The van der Waals surface area contributed by atoms with Gasteiger partial charge in [-0.2, -0.15) is 15.9 Å². The Balaban J connectivity index is 1.32. The highest BCUT2D eigenvalue weighted by molar-refractivity contribution is 7.08. The monoisotopic (exact) mass is 374 g/mol. The lowest BCUT2D eigenvalue weighted by Gasteiger charge is -2.17. The first-order chi connectivity index (χ1) is 13.4. The van der Waals surface area contributed by atoms with Crippen LogP contribution < -0.4 is 10.2 Å². The molecule has 4 aromatic rings. The molecule has 6 nitrogen and oxygen atoms in total. The summed E-state index contributed by atoms with van der Waals surface area (Å²) in [4.78, 5) is 2.34. The molecule has 1 aliphatic heterocycles. The minimum atomic E-state index is 0.715. The molecule has 27 heavy (non-hydrogen) atoms. The third-order valence-corrected chi connectivity index (χ3v) is 5.32. The van der Waals surface area contributed by atoms with E-state index in [1.54, 1.807) is 15.9 Å². The number of fused-ring (bicyclic) bond motifs is 1. The van der Waals surface area contributed by atoms with Crippen LogP contribution >= 0.6 is 11.3 Å². The predicted molar refractivity (Wildman–Crippen MR) is 109 cm³/mol. The Kier molecular flexibility index (Phi) is 4.06. The van der Waals surface area contributed by atoms with Gasteiger partial charge in [-0.25, -0.2) is 0 Å². The third kappa shape index (κ3) is 3.17. The topological polar surface area (TPSA) is 58.3 Å². The second kappa shape index (κ2) is 6.85. The number of rotatable bonds is 5. The maximum atomic E-state index is 4.66. The fourth-order valence-corrected chi connectivity index (χ4v) is 3.80. The summed E-state index contributed by atoms with van der Waals surface area (Å²) in [5.74, 6) is 1.56. The van der Waals surface area contributed by atoms with Gasteiger partial charge in [-0.3, -0.25) is 0 Å². The van der Waals surface area contributed by atoms with Gasteiger partial charge in [0.15, 0.2) is 11.5 Å². The number of hydrogen-bond acceptors (Lipinski definition) is 6. The molecule has 0 atom stereocenters. The molecule has 3 aromatic heterocycles. The first-order valence-electron chi connectivity index (χ1n) is 8.85. The Morgan fingerprint density at radius 3 is 2.59 bits per heavy atom. The molecule has 0 fully saturated rings. The summed E-state index contributed by atoms with van der Waals surface area (Å²) in [5.41, 5.74) is 4.25. The Morgan fingerprint density at radius 2 is 1.81 bits per heavy atom. The summed E-state index contributed by atoms with van der Waals surface area (Å²) >= 11 is 1.64. The van der Waals surface area contributed by atoms with Gasteiger partial charge in [-0.05, 0) is 41.3 Å². The molecule has 1 aliphatic rings. The number of anilines is 2. The zero-order valence-corrected chi connectivity index (χ0v) is 15.4. The van der Waals surface area contributed by atoms with E-state index in [4.69, 9.17) is 0 Å². The van der Waals surface area contributed by atoms with Crippen molar-refractivity contribution in [3.63, 3.8) is 0 Å². The van der Waals surface area contributed by atoms with Gasteiger partial charge in [-0.1, -0.05) is 24.3 Å². The zero-order chi connectivity index (χ0) is 18.1. The van der Waals surface area contributed by atoms with E-state index in [2.05, 4.69) is 67.3 Å². The van der Waals surface area contributed by atoms with Gasteiger partial charge in [0.25, 0.3) is 0 Å². The maximum Gasteiger partial charge on any atom is 0.186 e. The molecule has 134 valence electrons. The lowest BCUT2D eigenvalue weighted by Crippen LogP contribution is -2.18. The smallest absolute Gasteiger partial charge is 0.186 e. The van der Waals surface area contributed by atoms with E-state index in [9.17, 15) is 0 Å². The second-order valence-corrected chi connectivity index (χ2v) is 7.20. The van der Waals surface area contributed by atoms with Crippen molar-refractivity contribution in [1.82, 2.24) is 19.8 Å². The van der Waals surface area contributed by atoms with Crippen LogP contribution in [0.25, 0.3) is 17.0 Å².